The van der Waals surface area contributed by atoms with E-state index in [0.717, 1.165) is 37.2 Å². The molecule has 1 atom stereocenters. The van der Waals surface area contributed by atoms with Crippen LogP contribution in [0.25, 0.3) is 6.08 Å². The zero-order valence-corrected chi connectivity index (χ0v) is 13.6. The summed E-state index contributed by atoms with van der Waals surface area (Å²) in [5, 5.41) is 3.15. The van der Waals surface area contributed by atoms with Crippen molar-refractivity contribution in [2.24, 2.45) is 5.92 Å². The Labute approximate surface area is 142 Å². The van der Waals surface area contributed by atoms with E-state index in [-0.39, 0.29) is 11.9 Å². The number of aromatic nitrogens is 1. The van der Waals surface area contributed by atoms with Crippen LogP contribution >= 0.6 is 0 Å². The summed E-state index contributed by atoms with van der Waals surface area (Å²) in [5.41, 5.74) is 2.06. The highest BCUT2D eigenvalue weighted by atomic mass is 16.5. The summed E-state index contributed by atoms with van der Waals surface area (Å²) in [6, 6.07) is 13.7. The fourth-order valence-corrected chi connectivity index (χ4v) is 3.02. The second-order valence-electron chi connectivity index (χ2n) is 5.97. The zero-order chi connectivity index (χ0) is 16.6. The van der Waals surface area contributed by atoms with Crippen molar-refractivity contribution in [2.75, 3.05) is 13.2 Å². The average Bonchev–Trinajstić information content (AvgIpc) is 2.67. The van der Waals surface area contributed by atoms with Crippen molar-refractivity contribution in [1.82, 2.24) is 10.3 Å². The van der Waals surface area contributed by atoms with Crippen LogP contribution in [0.4, 0.5) is 0 Å². The van der Waals surface area contributed by atoms with Crippen LogP contribution in [0.5, 0.6) is 0 Å². The van der Waals surface area contributed by atoms with E-state index in [1.165, 1.54) is 0 Å². The summed E-state index contributed by atoms with van der Waals surface area (Å²) in [5.74, 6) is 0.288. The van der Waals surface area contributed by atoms with E-state index in [9.17, 15) is 4.79 Å². The minimum absolute atomic E-state index is 0.0319. The molecule has 1 aromatic heterocycles. The van der Waals surface area contributed by atoms with Crippen LogP contribution in [-0.4, -0.2) is 24.1 Å². The third-order valence-electron chi connectivity index (χ3n) is 4.31. The number of rotatable bonds is 5. The molecule has 4 heteroatoms. The summed E-state index contributed by atoms with van der Waals surface area (Å²) in [4.78, 5) is 16.6. The average molecular weight is 322 g/mol. The quantitative estimate of drug-likeness (QED) is 0.859. The van der Waals surface area contributed by atoms with Crippen LogP contribution in [0, 0.1) is 5.92 Å². The summed E-state index contributed by atoms with van der Waals surface area (Å²) >= 11 is 0. The molecule has 1 amide bonds. The Kier molecular flexibility index (Phi) is 5.75. The number of pyridine rings is 1. The van der Waals surface area contributed by atoms with Gasteiger partial charge in [0.2, 0.25) is 5.91 Å². The van der Waals surface area contributed by atoms with Crippen LogP contribution < -0.4 is 5.32 Å². The molecule has 1 aliphatic heterocycles. The number of hydrogen-bond donors (Lipinski definition) is 1. The number of nitrogens with zero attached hydrogens (tertiary/aromatic N) is 1. The van der Waals surface area contributed by atoms with E-state index in [4.69, 9.17) is 4.74 Å². The van der Waals surface area contributed by atoms with Gasteiger partial charge in [0.25, 0.3) is 0 Å². The van der Waals surface area contributed by atoms with E-state index in [1.54, 1.807) is 12.3 Å². The van der Waals surface area contributed by atoms with E-state index in [0.29, 0.717) is 5.92 Å². The minimum atomic E-state index is -0.0841. The monoisotopic (exact) mass is 322 g/mol. The number of carbonyl (C=O) groups excluding carboxylic acids is 1. The molecule has 1 N–H and O–H groups in total. The Hall–Kier alpha value is -2.46. The lowest BCUT2D eigenvalue weighted by atomic mass is 9.87. The maximum Gasteiger partial charge on any atom is 0.244 e. The Morgan fingerprint density at radius 3 is 2.67 bits per heavy atom. The third-order valence-corrected chi connectivity index (χ3v) is 4.31. The molecule has 0 unspecified atom stereocenters. The molecule has 1 aromatic carbocycles. The molecule has 0 saturated carbocycles. The SMILES string of the molecule is O=C(/C=C/c1ccccc1)N[C@H](c1cccnc1)C1CCOCC1. The van der Waals surface area contributed by atoms with Gasteiger partial charge >= 0.3 is 0 Å². The van der Waals surface area contributed by atoms with E-state index < -0.39 is 0 Å². The van der Waals surface area contributed by atoms with Crippen LogP contribution in [0.3, 0.4) is 0 Å². The first-order valence-corrected chi connectivity index (χ1v) is 8.34. The molecule has 1 fully saturated rings. The van der Waals surface area contributed by atoms with Crippen LogP contribution in [0.2, 0.25) is 0 Å². The molecule has 0 bridgehead atoms. The van der Waals surface area contributed by atoms with Crippen LogP contribution in [0.15, 0.2) is 60.9 Å². The number of nitrogens with one attached hydrogen (secondary N) is 1. The van der Waals surface area contributed by atoms with E-state index in [2.05, 4.69) is 10.3 Å². The topological polar surface area (TPSA) is 51.2 Å². The van der Waals surface area contributed by atoms with Crippen molar-refractivity contribution in [3.63, 3.8) is 0 Å². The predicted octanol–water partition coefficient (Wildman–Crippen LogP) is 3.38. The fraction of sp³-hybridized carbons (Fsp3) is 0.300. The van der Waals surface area contributed by atoms with Crippen LogP contribution in [-0.2, 0) is 9.53 Å². The summed E-state index contributed by atoms with van der Waals surface area (Å²) < 4.78 is 5.45. The fourth-order valence-electron chi connectivity index (χ4n) is 3.02. The minimum Gasteiger partial charge on any atom is -0.381 e. The summed E-state index contributed by atoms with van der Waals surface area (Å²) in [6.07, 6.45) is 8.91. The smallest absolute Gasteiger partial charge is 0.244 e. The number of carbonyl (C=O) groups is 1. The molecule has 2 heterocycles. The Bertz CT molecular complexity index is 665. The highest BCUT2D eigenvalue weighted by Crippen LogP contribution is 2.29. The van der Waals surface area contributed by atoms with Crippen molar-refractivity contribution in [3.05, 3.63) is 72.1 Å². The lowest BCUT2D eigenvalue weighted by molar-refractivity contribution is -0.117. The van der Waals surface area contributed by atoms with Gasteiger partial charge in [-0.1, -0.05) is 36.4 Å². The van der Waals surface area contributed by atoms with Gasteiger partial charge in [0.1, 0.15) is 0 Å². The van der Waals surface area contributed by atoms with Crippen molar-refractivity contribution in [1.29, 1.82) is 0 Å². The van der Waals surface area contributed by atoms with Gasteiger partial charge in [0, 0.05) is 31.7 Å². The second-order valence-corrected chi connectivity index (χ2v) is 5.97. The zero-order valence-electron chi connectivity index (χ0n) is 13.6. The van der Waals surface area contributed by atoms with Gasteiger partial charge in [-0.15, -0.1) is 0 Å². The van der Waals surface area contributed by atoms with E-state index in [1.807, 2.05) is 54.7 Å². The van der Waals surface area contributed by atoms with Crippen molar-refractivity contribution in [2.45, 2.75) is 18.9 Å². The number of hydrogen-bond acceptors (Lipinski definition) is 3. The van der Waals surface area contributed by atoms with Gasteiger partial charge in [-0.05, 0) is 42.0 Å². The molecule has 3 rings (SSSR count). The van der Waals surface area contributed by atoms with Gasteiger partial charge in [-0.3, -0.25) is 9.78 Å². The standard InChI is InChI=1S/C20H22N2O2/c23-19(9-8-16-5-2-1-3-6-16)22-20(17-10-13-24-14-11-17)18-7-4-12-21-15-18/h1-9,12,15,17,20H,10-11,13-14H2,(H,22,23)/b9-8+/t20-/m0/s1. The molecule has 2 aromatic rings. The molecular formula is C20H22N2O2. The number of ether oxygens (including phenoxy) is 1. The molecule has 0 radical (unpaired) electrons. The maximum atomic E-state index is 12.4. The largest absolute Gasteiger partial charge is 0.381 e. The van der Waals surface area contributed by atoms with Crippen molar-refractivity contribution < 1.29 is 9.53 Å². The molecule has 0 spiro atoms. The number of benzene rings is 1. The summed E-state index contributed by atoms with van der Waals surface area (Å²) in [6.45, 7) is 1.49. The first kappa shape index (κ1) is 16.4. The molecular weight excluding hydrogens is 300 g/mol. The lowest BCUT2D eigenvalue weighted by Gasteiger charge is -2.30. The van der Waals surface area contributed by atoms with Gasteiger partial charge < -0.3 is 10.1 Å². The second kappa shape index (κ2) is 8.41. The summed E-state index contributed by atoms with van der Waals surface area (Å²) in [7, 11) is 0. The molecule has 24 heavy (non-hydrogen) atoms. The Balaban J connectivity index is 1.71. The van der Waals surface area contributed by atoms with Crippen molar-refractivity contribution in [3.8, 4) is 0 Å². The van der Waals surface area contributed by atoms with Crippen LogP contribution in [0.1, 0.15) is 30.0 Å². The Morgan fingerprint density at radius 1 is 1.17 bits per heavy atom. The Morgan fingerprint density at radius 2 is 1.96 bits per heavy atom. The van der Waals surface area contributed by atoms with E-state index >= 15 is 0 Å². The van der Waals surface area contributed by atoms with Gasteiger partial charge in [-0.2, -0.15) is 0 Å². The molecule has 0 aliphatic carbocycles. The maximum absolute atomic E-state index is 12.4. The first-order valence-electron chi connectivity index (χ1n) is 8.34. The molecule has 4 nitrogen and oxygen atoms in total. The normalized spacial score (nSPS) is 16.8. The number of amides is 1. The first-order chi connectivity index (χ1) is 11.8. The molecule has 124 valence electrons. The predicted molar refractivity (Wildman–Crippen MR) is 94.1 cm³/mol. The third kappa shape index (κ3) is 4.52. The highest BCUT2D eigenvalue weighted by molar-refractivity contribution is 5.92. The van der Waals surface area contributed by atoms with Gasteiger partial charge in [-0.25, -0.2) is 0 Å². The van der Waals surface area contributed by atoms with Gasteiger partial charge in [0.05, 0.1) is 6.04 Å². The lowest BCUT2D eigenvalue weighted by Crippen LogP contribution is -2.35. The molecule has 1 saturated heterocycles. The van der Waals surface area contributed by atoms with Crippen molar-refractivity contribution >= 4 is 12.0 Å². The van der Waals surface area contributed by atoms with Gasteiger partial charge in [0.15, 0.2) is 0 Å². The highest BCUT2D eigenvalue weighted by Gasteiger charge is 2.26. The molecule has 1 aliphatic rings.